The summed E-state index contributed by atoms with van der Waals surface area (Å²) in [6.45, 7) is 13.5. The molecule has 2 aliphatic rings. The molecule has 38 heavy (non-hydrogen) atoms. The highest BCUT2D eigenvalue weighted by Crippen LogP contribution is 2.37. The molecule has 2 aliphatic heterocycles. The number of ether oxygens (including phenoxy) is 2. The van der Waals surface area contributed by atoms with Crippen molar-refractivity contribution in [3.8, 4) is 0 Å². The summed E-state index contributed by atoms with van der Waals surface area (Å²) in [6, 6.07) is -0.494. The topological polar surface area (TPSA) is 105 Å². The van der Waals surface area contributed by atoms with Gasteiger partial charge in [-0.3, -0.25) is 14.7 Å². The van der Waals surface area contributed by atoms with Crippen LogP contribution in [0, 0.1) is 5.92 Å². The molecular weight excluding hydrogens is 504 g/mol. The number of aromatic nitrogens is 1. The van der Waals surface area contributed by atoms with Crippen LogP contribution in [0.5, 0.6) is 0 Å². The highest BCUT2D eigenvalue weighted by Gasteiger charge is 2.43. The van der Waals surface area contributed by atoms with Crippen LogP contribution in [-0.4, -0.2) is 88.6 Å². The monoisotopic (exact) mass is 548 g/mol. The molecule has 0 saturated carbocycles. The van der Waals surface area contributed by atoms with E-state index in [4.69, 9.17) is 14.5 Å². The van der Waals surface area contributed by atoms with Crippen LogP contribution in [0.15, 0.2) is 23.0 Å². The molecule has 6 atom stereocenters. The fourth-order valence-corrected chi connectivity index (χ4v) is 6.19. The lowest BCUT2D eigenvalue weighted by atomic mass is 9.94. The van der Waals surface area contributed by atoms with Gasteiger partial charge in [-0.05, 0) is 45.7 Å². The van der Waals surface area contributed by atoms with E-state index in [-0.39, 0.29) is 48.5 Å². The minimum absolute atomic E-state index is 0.0119. The number of thiazole rings is 1. The van der Waals surface area contributed by atoms with Gasteiger partial charge in [0, 0.05) is 23.6 Å². The van der Waals surface area contributed by atoms with E-state index < -0.39 is 12.0 Å². The summed E-state index contributed by atoms with van der Waals surface area (Å²) >= 11 is 1.27. The van der Waals surface area contributed by atoms with Crippen molar-refractivity contribution in [2.24, 2.45) is 10.9 Å². The summed E-state index contributed by atoms with van der Waals surface area (Å²) in [7, 11) is 2.15. The molecule has 0 radical (unpaired) electrons. The minimum atomic E-state index is -1.06. The second-order valence-electron chi connectivity index (χ2n) is 10.4. The van der Waals surface area contributed by atoms with Gasteiger partial charge in [0.1, 0.15) is 23.9 Å². The molecule has 0 bridgehead atoms. The number of aliphatic imine (C=N–C) groups is 1. The van der Waals surface area contributed by atoms with Crippen LogP contribution in [0.25, 0.3) is 0 Å². The van der Waals surface area contributed by atoms with Crippen LogP contribution >= 0.6 is 11.3 Å². The molecule has 2 fully saturated rings. The normalized spacial score (nSPS) is 26.2. The van der Waals surface area contributed by atoms with Gasteiger partial charge in [-0.2, -0.15) is 0 Å². The summed E-state index contributed by atoms with van der Waals surface area (Å²) in [5.41, 5.74) is 1.10. The molecule has 1 N–H and O–H groups in total. The van der Waals surface area contributed by atoms with Crippen LogP contribution in [0.4, 0.5) is 0 Å². The summed E-state index contributed by atoms with van der Waals surface area (Å²) in [6.07, 6.45) is 6.61. The molecule has 212 valence electrons. The minimum Gasteiger partial charge on any atom is -0.476 e. The van der Waals surface area contributed by atoms with E-state index in [0.29, 0.717) is 18.0 Å². The van der Waals surface area contributed by atoms with E-state index in [1.54, 1.807) is 11.0 Å². The second-order valence-corrected chi connectivity index (χ2v) is 11.3. The molecule has 2 saturated heterocycles. The van der Waals surface area contributed by atoms with Crippen LogP contribution in [-0.2, 0) is 14.3 Å². The number of nitrogens with zero attached hydrogens (tertiary/aromatic N) is 4. The largest absolute Gasteiger partial charge is 0.476 e. The first-order valence-corrected chi connectivity index (χ1v) is 14.7. The van der Waals surface area contributed by atoms with E-state index in [9.17, 15) is 14.7 Å². The molecule has 1 amide bonds. The third kappa shape index (κ3) is 7.28. The van der Waals surface area contributed by atoms with Gasteiger partial charge in [0.05, 0.1) is 18.8 Å². The number of carboxylic acid groups (broad SMARTS) is 1. The lowest BCUT2D eigenvalue weighted by molar-refractivity contribution is -0.143. The number of carbonyl (C=O) groups excluding carboxylic acids is 1. The van der Waals surface area contributed by atoms with E-state index in [2.05, 4.69) is 44.3 Å². The SMILES string of the molecule is C=CCOCN(C(=O)C(N=C(CC)C1CCCCN1C)C(C)CC)C1CC(c2nc(C(=O)O)cs2)OC1C. The third-order valence-corrected chi connectivity index (χ3v) is 8.74. The Labute approximate surface area is 230 Å². The van der Waals surface area contributed by atoms with Crippen molar-refractivity contribution in [3.05, 3.63) is 28.7 Å². The number of amides is 1. The van der Waals surface area contributed by atoms with Gasteiger partial charge >= 0.3 is 5.97 Å². The van der Waals surface area contributed by atoms with E-state index >= 15 is 0 Å². The Morgan fingerprint density at radius 3 is 2.79 bits per heavy atom. The van der Waals surface area contributed by atoms with Crippen molar-refractivity contribution in [1.82, 2.24) is 14.8 Å². The van der Waals surface area contributed by atoms with Crippen molar-refractivity contribution in [2.45, 2.75) is 96.6 Å². The maximum absolute atomic E-state index is 14.3. The van der Waals surface area contributed by atoms with E-state index in [0.717, 1.165) is 31.5 Å². The number of piperidine rings is 1. The van der Waals surface area contributed by atoms with Crippen molar-refractivity contribution in [1.29, 1.82) is 0 Å². The first-order valence-electron chi connectivity index (χ1n) is 13.8. The fraction of sp³-hybridized carbons (Fsp3) is 0.714. The highest BCUT2D eigenvalue weighted by atomic mass is 32.1. The van der Waals surface area contributed by atoms with Crippen LogP contribution in [0.1, 0.15) is 87.8 Å². The predicted molar refractivity (Wildman–Crippen MR) is 150 cm³/mol. The summed E-state index contributed by atoms with van der Waals surface area (Å²) < 4.78 is 12.0. The molecule has 10 heteroatoms. The van der Waals surface area contributed by atoms with Crippen LogP contribution in [0.3, 0.4) is 0 Å². The number of likely N-dealkylation sites (tertiary alicyclic amines) is 1. The first kappa shape index (κ1) is 30.4. The molecule has 1 aromatic rings. The van der Waals surface area contributed by atoms with Gasteiger partial charge < -0.3 is 19.5 Å². The number of hydrogen-bond acceptors (Lipinski definition) is 8. The van der Waals surface area contributed by atoms with Crippen LogP contribution < -0.4 is 0 Å². The Morgan fingerprint density at radius 2 is 2.18 bits per heavy atom. The van der Waals surface area contributed by atoms with Crippen molar-refractivity contribution < 1.29 is 24.2 Å². The van der Waals surface area contributed by atoms with Crippen molar-refractivity contribution in [2.75, 3.05) is 26.9 Å². The lowest BCUT2D eigenvalue weighted by Crippen LogP contribution is -2.51. The zero-order chi connectivity index (χ0) is 27.8. The van der Waals surface area contributed by atoms with Gasteiger partial charge in [-0.15, -0.1) is 17.9 Å². The van der Waals surface area contributed by atoms with Gasteiger partial charge in [0.15, 0.2) is 5.69 Å². The Morgan fingerprint density at radius 1 is 1.42 bits per heavy atom. The van der Waals surface area contributed by atoms with Gasteiger partial charge in [-0.25, -0.2) is 9.78 Å². The number of rotatable bonds is 13. The Balaban J connectivity index is 1.89. The van der Waals surface area contributed by atoms with Gasteiger partial charge in [0.25, 0.3) is 0 Å². The standard InChI is InChI=1S/C28H44N4O5S/c1-7-14-36-17-32(23-15-24(37-19(23)5)26-30-21(16-38-26)28(34)35)27(33)25(18(4)8-2)29-20(9-3)22-12-10-11-13-31(22)6/h7,16,18-19,22-25H,1,8-15,17H2,2-6H3,(H,34,35). The first-order chi connectivity index (χ1) is 18.2. The van der Waals surface area contributed by atoms with Gasteiger partial charge in [-0.1, -0.05) is 39.7 Å². The summed E-state index contributed by atoms with van der Waals surface area (Å²) in [4.78, 5) is 39.2. The molecule has 1 aromatic heterocycles. The summed E-state index contributed by atoms with van der Waals surface area (Å²) in [5, 5.41) is 11.4. The zero-order valence-electron chi connectivity index (χ0n) is 23.5. The molecule has 6 unspecified atom stereocenters. The molecule has 9 nitrogen and oxygen atoms in total. The Bertz CT molecular complexity index is 982. The molecule has 0 spiro atoms. The average Bonchev–Trinajstić information content (AvgIpc) is 3.55. The summed E-state index contributed by atoms with van der Waals surface area (Å²) in [5.74, 6) is -1.06. The Kier molecular flexibility index (Phi) is 11.4. The quantitative estimate of drug-likeness (QED) is 0.163. The number of hydrogen-bond donors (Lipinski definition) is 1. The second kappa shape index (κ2) is 14.3. The number of carbonyl (C=O) groups is 2. The maximum Gasteiger partial charge on any atom is 0.355 e. The smallest absolute Gasteiger partial charge is 0.355 e. The molecular formula is C28H44N4O5S. The average molecular weight is 549 g/mol. The highest BCUT2D eigenvalue weighted by molar-refractivity contribution is 7.09. The Hall–Kier alpha value is -2.14. The maximum atomic E-state index is 14.3. The third-order valence-electron chi connectivity index (χ3n) is 7.80. The van der Waals surface area contributed by atoms with E-state index in [1.807, 2.05) is 6.92 Å². The molecule has 3 heterocycles. The number of carboxylic acids is 1. The van der Waals surface area contributed by atoms with E-state index in [1.165, 1.54) is 29.6 Å². The zero-order valence-corrected chi connectivity index (χ0v) is 24.3. The molecule has 3 rings (SSSR count). The fourth-order valence-electron chi connectivity index (χ4n) is 5.35. The molecule has 0 aliphatic carbocycles. The van der Waals surface area contributed by atoms with Crippen molar-refractivity contribution in [3.63, 3.8) is 0 Å². The van der Waals surface area contributed by atoms with Gasteiger partial charge in [0.2, 0.25) is 5.91 Å². The van der Waals surface area contributed by atoms with Crippen molar-refractivity contribution >= 4 is 28.9 Å². The molecule has 0 aromatic carbocycles. The predicted octanol–water partition coefficient (Wildman–Crippen LogP) is 4.80. The van der Waals surface area contributed by atoms with Crippen LogP contribution in [0.2, 0.25) is 0 Å². The number of aromatic carboxylic acids is 1. The lowest BCUT2D eigenvalue weighted by Gasteiger charge is -2.36.